The van der Waals surface area contributed by atoms with Crippen molar-refractivity contribution in [1.82, 2.24) is 4.98 Å². The molecule has 0 radical (unpaired) electrons. The summed E-state index contributed by atoms with van der Waals surface area (Å²) in [4.78, 5) is 28.7. The van der Waals surface area contributed by atoms with Gasteiger partial charge in [-0.1, -0.05) is 24.3 Å². The van der Waals surface area contributed by atoms with Crippen LogP contribution in [-0.4, -0.2) is 23.3 Å². The van der Waals surface area contributed by atoms with Crippen molar-refractivity contribution >= 4 is 23.1 Å². The molecule has 2 aromatic carbocycles. The van der Waals surface area contributed by atoms with Gasteiger partial charge in [0.1, 0.15) is 23.7 Å². The summed E-state index contributed by atoms with van der Waals surface area (Å²) in [5.74, 6) is -1.66. The zero-order valence-corrected chi connectivity index (χ0v) is 15.3. The molecule has 7 heteroatoms. The Bertz CT molecular complexity index is 970. The van der Waals surface area contributed by atoms with Crippen molar-refractivity contribution in [3.8, 4) is 5.75 Å². The summed E-state index contributed by atoms with van der Waals surface area (Å²) < 4.78 is 24.3. The third kappa shape index (κ3) is 4.77. The molecule has 0 saturated heterocycles. The number of hydrogen-bond donors (Lipinski definition) is 0. The first kappa shape index (κ1) is 18.7. The monoisotopic (exact) mass is 385 g/mol. The van der Waals surface area contributed by atoms with E-state index >= 15 is 0 Å². The van der Waals surface area contributed by atoms with Crippen LogP contribution < -0.4 is 4.74 Å². The number of hydrogen-bond acceptors (Lipinski definition) is 6. The fourth-order valence-electron chi connectivity index (χ4n) is 2.36. The van der Waals surface area contributed by atoms with Gasteiger partial charge in [-0.2, -0.15) is 0 Å². The van der Waals surface area contributed by atoms with Crippen molar-refractivity contribution in [3.05, 3.63) is 81.6 Å². The van der Waals surface area contributed by atoms with Gasteiger partial charge in [0.2, 0.25) is 5.78 Å². The first-order valence-corrected chi connectivity index (χ1v) is 9.00. The lowest BCUT2D eigenvalue weighted by Gasteiger charge is -2.10. The van der Waals surface area contributed by atoms with Gasteiger partial charge in [-0.25, -0.2) is 14.2 Å². The molecule has 0 spiro atoms. The lowest BCUT2D eigenvalue weighted by Crippen LogP contribution is -2.16. The van der Waals surface area contributed by atoms with Crippen LogP contribution in [-0.2, 0) is 11.3 Å². The average Bonchev–Trinajstić information content (AvgIpc) is 3.10. The Morgan fingerprint density at radius 2 is 1.78 bits per heavy atom. The van der Waals surface area contributed by atoms with Crippen LogP contribution in [0.5, 0.6) is 5.75 Å². The number of ether oxygens (including phenoxy) is 2. The highest BCUT2D eigenvalue weighted by molar-refractivity contribution is 7.09. The fourth-order valence-corrected chi connectivity index (χ4v) is 2.96. The van der Waals surface area contributed by atoms with Crippen molar-refractivity contribution < 1.29 is 23.5 Å². The normalized spacial score (nSPS) is 10.4. The Morgan fingerprint density at radius 3 is 2.48 bits per heavy atom. The lowest BCUT2D eigenvalue weighted by molar-refractivity contribution is 0.0469. The molecule has 0 amide bonds. The van der Waals surface area contributed by atoms with Crippen LogP contribution in [0.4, 0.5) is 4.39 Å². The highest BCUT2D eigenvalue weighted by Crippen LogP contribution is 2.21. The summed E-state index contributed by atoms with van der Waals surface area (Å²) >= 11 is 1.51. The zero-order valence-electron chi connectivity index (χ0n) is 14.5. The SMILES string of the molecule is Cc1nc(COc2ccccc2C(=O)OCC(=O)c2ccccc2F)cs1. The second-order valence-electron chi connectivity index (χ2n) is 5.62. The summed E-state index contributed by atoms with van der Waals surface area (Å²) in [5.41, 5.74) is 0.829. The Balaban J connectivity index is 1.64. The van der Waals surface area contributed by atoms with Crippen LogP contribution in [0.2, 0.25) is 0 Å². The van der Waals surface area contributed by atoms with Gasteiger partial charge in [-0.15, -0.1) is 11.3 Å². The van der Waals surface area contributed by atoms with Crippen LogP contribution in [0.1, 0.15) is 31.4 Å². The van der Waals surface area contributed by atoms with E-state index in [0.29, 0.717) is 5.75 Å². The summed E-state index contributed by atoms with van der Waals surface area (Å²) in [7, 11) is 0. The maximum Gasteiger partial charge on any atom is 0.342 e. The molecule has 0 unspecified atom stereocenters. The fraction of sp³-hybridized carbons (Fsp3) is 0.150. The molecule has 0 aliphatic heterocycles. The number of nitrogens with zero attached hydrogens (tertiary/aromatic N) is 1. The zero-order chi connectivity index (χ0) is 19.2. The Labute approximate surface area is 159 Å². The van der Waals surface area contributed by atoms with Crippen molar-refractivity contribution in [2.45, 2.75) is 13.5 Å². The van der Waals surface area contributed by atoms with E-state index in [9.17, 15) is 14.0 Å². The molecule has 0 fully saturated rings. The molecule has 5 nitrogen and oxygen atoms in total. The summed E-state index contributed by atoms with van der Waals surface area (Å²) in [5, 5.41) is 2.80. The minimum Gasteiger partial charge on any atom is -0.486 e. The number of Topliss-reactive ketones (excluding diaryl/α,β-unsaturated/α-hetero) is 1. The number of aromatic nitrogens is 1. The van der Waals surface area contributed by atoms with E-state index in [-0.39, 0.29) is 17.7 Å². The Kier molecular flexibility index (Phi) is 5.93. The number of carbonyl (C=O) groups is 2. The molecule has 1 heterocycles. The molecular formula is C20H16FNO4S. The van der Waals surface area contributed by atoms with E-state index in [2.05, 4.69) is 4.98 Å². The highest BCUT2D eigenvalue weighted by atomic mass is 32.1. The minimum absolute atomic E-state index is 0.117. The summed E-state index contributed by atoms with van der Waals surface area (Å²) in [6.45, 7) is 1.55. The second kappa shape index (κ2) is 8.55. The largest absolute Gasteiger partial charge is 0.486 e. The highest BCUT2D eigenvalue weighted by Gasteiger charge is 2.17. The number of aryl methyl sites for hydroxylation is 1. The molecule has 138 valence electrons. The molecule has 0 N–H and O–H groups in total. The molecule has 0 saturated carbocycles. The van der Waals surface area contributed by atoms with E-state index < -0.39 is 24.2 Å². The van der Waals surface area contributed by atoms with Gasteiger partial charge in [0.05, 0.1) is 16.3 Å². The van der Waals surface area contributed by atoms with Crippen molar-refractivity contribution in [2.75, 3.05) is 6.61 Å². The third-order valence-electron chi connectivity index (χ3n) is 3.66. The number of benzene rings is 2. The third-order valence-corrected chi connectivity index (χ3v) is 4.48. The maximum atomic E-state index is 13.6. The predicted octanol–water partition coefficient (Wildman–Crippen LogP) is 4.21. The maximum absolute atomic E-state index is 13.6. The van der Waals surface area contributed by atoms with Crippen LogP contribution in [0.25, 0.3) is 0 Å². The van der Waals surface area contributed by atoms with E-state index in [4.69, 9.17) is 9.47 Å². The quantitative estimate of drug-likeness (QED) is 0.450. The van der Waals surface area contributed by atoms with Crippen molar-refractivity contribution in [1.29, 1.82) is 0 Å². The van der Waals surface area contributed by atoms with Gasteiger partial charge >= 0.3 is 5.97 Å². The van der Waals surface area contributed by atoms with E-state index in [0.717, 1.165) is 10.7 Å². The molecule has 1 aromatic heterocycles. The average molecular weight is 385 g/mol. The topological polar surface area (TPSA) is 65.5 Å². The van der Waals surface area contributed by atoms with Gasteiger partial charge in [-0.3, -0.25) is 4.79 Å². The Hall–Kier alpha value is -3.06. The van der Waals surface area contributed by atoms with E-state index in [1.807, 2.05) is 12.3 Å². The second-order valence-corrected chi connectivity index (χ2v) is 6.68. The summed E-state index contributed by atoms with van der Waals surface area (Å²) in [6, 6.07) is 12.1. The molecule has 0 bridgehead atoms. The van der Waals surface area contributed by atoms with Crippen LogP contribution >= 0.6 is 11.3 Å². The smallest absolute Gasteiger partial charge is 0.342 e. The molecule has 3 aromatic rings. The standard InChI is InChI=1S/C20H16FNO4S/c1-13-22-14(12-27-13)10-25-19-9-5-3-7-16(19)20(24)26-11-18(23)15-6-2-4-8-17(15)21/h2-9,12H,10-11H2,1H3. The van der Waals surface area contributed by atoms with Gasteiger partial charge in [-0.05, 0) is 31.2 Å². The molecule has 0 aliphatic rings. The molecule has 0 atom stereocenters. The number of esters is 1. The number of para-hydroxylation sites is 1. The first-order valence-electron chi connectivity index (χ1n) is 8.12. The van der Waals surface area contributed by atoms with Crippen LogP contribution in [0.3, 0.4) is 0 Å². The molecule has 3 rings (SSSR count). The molecule has 27 heavy (non-hydrogen) atoms. The molecular weight excluding hydrogens is 369 g/mol. The number of thiazole rings is 1. The van der Waals surface area contributed by atoms with Crippen LogP contribution in [0, 0.1) is 12.7 Å². The Morgan fingerprint density at radius 1 is 1.07 bits per heavy atom. The van der Waals surface area contributed by atoms with Gasteiger partial charge in [0.25, 0.3) is 0 Å². The molecule has 0 aliphatic carbocycles. The first-order chi connectivity index (χ1) is 13.0. The van der Waals surface area contributed by atoms with Gasteiger partial charge < -0.3 is 9.47 Å². The number of halogens is 1. The van der Waals surface area contributed by atoms with Gasteiger partial charge in [0, 0.05) is 5.38 Å². The van der Waals surface area contributed by atoms with E-state index in [1.54, 1.807) is 24.3 Å². The minimum atomic E-state index is -0.718. The number of carbonyl (C=O) groups excluding carboxylic acids is 2. The van der Waals surface area contributed by atoms with Gasteiger partial charge in [0.15, 0.2) is 6.61 Å². The predicted molar refractivity (Wildman–Crippen MR) is 98.6 cm³/mol. The van der Waals surface area contributed by atoms with Crippen LogP contribution in [0.15, 0.2) is 53.9 Å². The van der Waals surface area contributed by atoms with Crippen molar-refractivity contribution in [2.24, 2.45) is 0 Å². The number of rotatable bonds is 7. The number of ketones is 1. The lowest BCUT2D eigenvalue weighted by atomic mass is 10.1. The summed E-state index contributed by atoms with van der Waals surface area (Å²) in [6.07, 6.45) is 0. The van der Waals surface area contributed by atoms with Crippen molar-refractivity contribution in [3.63, 3.8) is 0 Å². The van der Waals surface area contributed by atoms with E-state index in [1.165, 1.54) is 35.6 Å².